The molecule has 4 aromatic rings. The highest BCUT2D eigenvalue weighted by molar-refractivity contribution is 7.23. The van der Waals surface area contributed by atoms with Crippen LogP contribution in [-0.2, 0) is 15.7 Å². The molecule has 2 N–H and O–H groups in total. The number of amides is 1. The zero-order chi connectivity index (χ0) is 38.8. The van der Waals surface area contributed by atoms with Crippen molar-refractivity contribution in [1.29, 1.82) is 5.26 Å². The lowest BCUT2D eigenvalue weighted by Crippen LogP contribution is -2.43. The van der Waals surface area contributed by atoms with E-state index >= 15 is 22.0 Å². The summed E-state index contributed by atoms with van der Waals surface area (Å²) in [4.78, 5) is 27.1. The third-order valence-electron chi connectivity index (χ3n) is 11.3. The number of hydrogen-bond acceptors (Lipinski definition) is 11. The Hall–Kier alpha value is -4.60. The van der Waals surface area contributed by atoms with E-state index in [2.05, 4.69) is 9.97 Å². The van der Waals surface area contributed by atoms with Crippen molar-refractivity contribution in [1.82, 2.24) is 19.8 Å². The first kappa shape index (κ1) is 37.3. The molecule has 2 aromatic heterocycles. The van der Waals surface area contributed by atoms with E-state index in [9.17, 15) is 14.4 Å². The molecule has 0 bridgehead atoms. The van der Waals surface area contributed by atoms with Crippen LogP contribution in [0, 0.1) is 28.9 Å². The summed E-state index contributed by atoms with van der Waals surface area (Å²) in [6, 6.07) is 3.70. The van der Waals surface area contributed by atoms with Crippen molar-refractivity contribution in [3.63, 3.8) is 0 Å². The highest BCUT2D eigenvalue weighted by Gasteiger charge is 2.49. The predicted molar refractivity (Wildman–Crippen MR) is 192 cm³/mol. The SMILES string of the molecule is CCN(c1nc(OCC23CCCN2CC(F)C3)nc2c(F)c(-c3ccc(F)c4sc(N)c(C#N)c34)c(C(F)(F)F)cc12)C1CCN(C(=O)OCC2COC2)C1. The van der Waals surface area contributed by atoms with Crippen LogP contribution in [-0.4, -0.2) is 103 Å². The second-order valence-electron chi connectivity index (χ2n) is 14.6. The van der Waals surface area contributed by atoms with Crippen LogP contribution < -0.4 is 15.4 Å². The van der Waals surface area contributed by atoms with Gasteiger partial charge in [-0.2, -0.15) is 28.4 Å². The molecule has 4 aliphatic rings. The van der Waals surface area contributed by atoms with Gasteiger partial charge in [0.2, 0.25) is 0 Å². The number of rotatable bonds is 9. The third-order valence-corrected chi connectivity index (χ3v) is 12.3. The maximum atomic E-state index is 17.3. The molecule has 8 rings (SSSR count). The van der Waals surface area contributed by atoms with Crippen molar-refractivity contribution in [3.8, 4) is 23.2 Å². The highest BCUT2D eigenvalue weighted by atomic mass is 32.1. The lowest BCUT2D eigenvalue weighted by Gasteiger charge is -2.32. The zero-order valence-electron chi connectivity index (χ0n) is 29.7. The Bertz CT molecular complexity index is 2210. The smallest absolute Gasteiger partial charge is 0.417 e. The van der Waals surface area contributed by atoms with E-state index in [0.29, 0.717) is 50.5 Å². The number of nitriles is 1. The van der Waals surface area contributed by atoms with Gasteiger partial charge in [-0.05, 0) is 50.4 Å². The fraction of sp³-hybridized carbons (Fsp3) is 0.514. The van der Waals surface area contributed by atoms with Gasteiger partial charge in [-0.15, -0.1) is 11.3 Å². The summed E-state index contributed by atoms with van der Waals surface area (Å²) in [7, 11) is 0. The molecule has 3 atom stereocenters. The summed E-state index contributed by atoms with van der Waals surface area (Å²) in [5, 5.41) is 9.23. The minimum atomic E-state index is -5.14. The Kier molecular flexibility index (Phi) is 9.61. The number of likely N-dealkylation sites (N-methyl/N-ethyl adjacent to an activating group) is 1. The molecule has 6 heterocycles. The van der Waals surface area contributed by atoms with Gasteiger partial charge in [0.1, 0.15) is 47.6 Å². The van der Waals surface area contributed by atoms with Gasteiger partial charge >= 0.3 is 18.3 Å². The monoisotopic (exact) mass is 789 g/mol. The van der Waals surface area contributed by atoms with E-state index in [0.717, 1.165) is 24.6 Å². The number of benzene rings is 2. The Labute approximate surface area is 315 Å². The van der Waals surface area contributed by atoms with Gasteiger partial charge in [-0.25, -0.2) is 18.0 Å². The summed E-state index contributed by atoms with van der Waals surface area (Å²) in [6.45, 7) is 4.50. The number of hydrogen-bond donors (Lipinski definition) is 1. The largest absolute Gasteiger partial charge is 0.461 e. The summed E-state index contributed by atoms with van der Waals surface area (Å²) < 4.78 is 109. The molecule has 11 nitrogen and oxygen atoms in total. The Balaban J connectivity index is 1.26. The molecule has 2 aromatic carbocycles. The Morgan fingerprint density at radius 2 is 2.02 bits per heavy atom. The Morgan fingerprint density at radius 3 is 2.73 bits per heavy atom. The number of aromatic nitrogens is 2. The molecule has 55 heavy (non-hydrogen) atoms. The van der Waals surface area contributed by atoms with Crippen LogP contribution in [0.1, 0.15) is 43.7 Å². The van der Waals surface area contributed by atoms with E-state index in [1.807, 2.05) is 11.0 Å². The summed E-state index contributed by atoms with van der Waals surface area (Å²) in [5.74, 6) is -2.16. The number of thiophene rings is 1. The van der Waals surface area contributed by atoms with E-state index in [4.69, 9.17) is 19.9 Å². The molecule has 0 radical (unpaired) electrons. The maximum absolute atomic E-state index is 17.3. The van der Waals surface area contributed by atoms with Crippen molar-refractivity contribution in [2.75, 3.05) is 69.8 Å². The fourth-order valence-electron chi connectivity index (χ4n) is 8.52. The number of carbonyl (C=O) groups excluding carboxylic acids is 1. The average Bonchev–Trinajstić information content (AvgIpc) is 3.90. The molecule has 18 heteroatoms. The number of nitrogens with zero attached hydrogens (tertiary/aromatic N) is 6. The minimum absolute atomic E-state index is 0.0347. The predicted octanol–water partition coefficient (Wildman–Crippen LogP) is 6.90. The van der Waals surface area contributed by atoms with Crippen molar-refractivity contribution in [2.45, 2.75) is 56.5 Å². The molecule has 1 amide bonds. The number of carbonyl (C=O) groups is 1. The lowest BCUT2D eigenvalue weighted by molar-refractivity contribution is -0.137. The van der Waals surface area contributed by atoms with Gasteiger partial charge in [-0.1, -0.05) is 6.07 Å². The van der Waals surface area contributed by atoms with Crippen molar-refractivity contribution < 1.29 is 45.3 Å². The topological polar surface area (TPSA) is 130 Å². The molecule has 4 aliphatic heterocycles. The second kappa shape index (κ2) is 14.2. The van der Waals surface area contributed by atoms with Crippen LogP contribution in [0.15, 0.2) is 18.2 Å². The quantitative estimate of drug-likeness (QED) is 0.179. The van der Waals surface area contributed by atoms with Crippen LogP contribution in [0.25, 0.3) is 32.1 Å². The second-order valence-corrected chi connectivity index (χ2v) is 15.7. The number of ether oxygens (including phenoxy) is 3. The van der Waals surface area contributed by atoms with E-state index in [-0.39, 0.29) is 88.6 Å². The van der Waals surface area contributed by atoms with E-state index in [1.165, 1.54) is 4.90 Å². The molecular formula is C37H37F6N7O4S. The highest BCUT2D eigenvalue weighted by Crippen LogP contribution is 2.48. The first-order chi connectivity index (χ1) is 26.3. The average molecular weight is 790 g/mol. The lowest BCUT2D eigenvalue weighted by atomic mass is 9.92. The molecule has 0 aliphatic carbocycles. The number of nitrogen functional groups attached to an aromatic ring is 1. The van der Waals surface area contributed by atoms with Gasteiger partial charge in [0.05, 0.1) is 34.6 Å². The molecule has 4 saturated heterocycles. The minimum Gasteiger partial charge on any atom is -0.461 e. The number of likely N-dealkylation sites (tertiary alicyclic amines) is 1. The van der Waals surface area contributed by atoms with Gasteiger partial charge in [0.15, 0.2) is 5.82 Å². The normalized spacial score (nSPS) is 23.0. The maximum Gasteiger partial charge on any atom is 0.417 e. The van der Waals surface area contributed by atoms with Crippen LogP contribution in [0.2, 0.25) is 0 Å². The molecule has 3 unspecified atom stereocenters. The number of anilines is 2. The summed E-state index contributed by atoms with van der Waals surface area (Å²) in [5.41, 5.74) is 1.83. The summed E-state index contributed by atoms with van der Waals surface area (Å²) in [6.07, 6.45) is -4.64. The Morgan fingerprint density at radius 1 is 1.22 bits per heavy atom. The molecular weight excluding hydrogens is 753 g/mol. The number of halogens is 6. The molecule has 292 valence electrons. The van der Waals surface area contributed by atoms with Crippen LogP contribution in [0.4, 0.5) is 42.0 Å². The van der Waals surface area contributed by atoms with Crippen molar-refractivity contribution in [2.24, 2.45) is 5.92 Å². The van der Waals surface area contributed by atoms with Crippen LogP contribution >= 0.6 is 11.3 Å². The van der Waals surface area contributed by atoms with E-state index in [1.54, 1.807) is 11.8 Å². The van der Waals surface area contributed by atoms with Crippen molar-refractivity contribution >= 4 is 49.2 Å². The first-order valence-electron chi connectivity index (χ1n) is 18.1. The number of nitrogens with two attached hydrogens (primary N) is 1. The van der Waals surface area contributed by atoms with Gasteiger partial charge in [0.25, 0.3) is 0 Å². The number of alkyl halides is 4. The van der Waals surface area contributed by atoms with Gasteiger partial charge in [0, 0.05) is 60.9 Å². The van der Waals surface area contributed by atoms with Crippen molar-refractivity contribution in [3.05, 3.63) is 41.0 Å². The molecule has 0 spiro atoms. The van der Waals surface area contributed by atoms with Crippen LogP contribution in [0.3, 0.4) is 0 Å². The number of fused-ring (bicyclic) bond motifs is 3. The zero-order valence-corrected chi connectivity index (χ0v) is 30.5. The first-order valence-corrected chi connectivity index (χ1v) is 18.9. The van der Waals surface area contributed by atoms with Crippen LogP contribution in [0.5, 0.6) is 6.01 Å². The standard InChI is InChI=1S/C37H37F6N7O4S/c1-2-50(21-6-9-48(14-21)35(51)53-17-19-15-52-16-19)33-23-10-25(37(41,42)43)28(22-4-5-26(39)31-27(22)24(12-44)32(45)55-31)29(40)30(23)46-34(47-33)54-18-36-7-3-8-49(36)13-20(38)11-36/h4-5,10,19-21H,2-3,6-9,11,13-18,45H2,1H3. The summed E-state index contributed by atoms with van der Waals surface area (Å²) >= 11 is 0.675. The fourth-order valence-corrected chi connectivity index (χ4v) is 9.47. The van der Waals surface area contributed by atoms with Gasteiger partial charge in [-0.3, -0.25) is 4.90 Å². The van der Waals surface area contributed by atoms with E-state index < -0.39 is 58.3 Å². The van der Waals surface area contributed by atoms with Gasteiger partial charge < -0.3 is 29.7 Å². The molecule has 0 saturated carbocycles. The third kappa shape index (κ3) is 6.53. The molecule has 4 fully saturated rings.